The van der Waals surface area contributed by atoms with E-state index < -0.39 is 0 Å². The van der Waals surface area contributed by atoms with Crippen molar-refractivity contribution in [3.8, 4) is 0 Å². The summed E-state index contributed by atoms with van der Waals surface area (Å²) >= 11 is 1.77. The first-order valence-corrected chi connectivity index (χ1v) is 7.18. The maximum atomic E-state index is 10.6. The molecule has 0 aliphatic carbocycles. The van der Waals surface area contributed by atoms with E-state index in [1.54, 1.807) is 23.9 Å². The summed E-state index contributed by atoms with van der Waals surface area (Å²) in [4.78, 5) is 10.2. The van der Waals surface area contributed by atoms with Crippen molar-refractivity contribution < 1.29 is 31.2 Å². The van der Waals surface area contributed by atoms with Gasteiger partial charge in [-0.05, 0) is 5.56 Å². The van der Waals surface area contributed by atoms with Crippen molar-refractivity contribution in [3.63, 3.8) is 0 Å². The standard InChI is InChI=1S/C13H17N2O3S.BrH/c1-11(14-6-8-18-9-7-14)19-10-12-2-4-13(5-3-12)15(16)17;/h2-5H,6-10H2,1H3;1H/q+1;/p-1. The van der Waals surface area contributed by atoms with Crippen LogP contribution in [-0.4, -0.2) is 40.8 Å². The first kappa shape index (κ1) is 17.1. The molecule has 20 heavy (non-hydrogen) atoms. The second-order valence-corrected chi connectivity index (χ2v) is 5.50. The average Bonchev–Trinajstić information content (AvgIpc) is 2.46. The number of halogens is 1. The van der Waals surface area contributed by atoms with Gasteiger partial charge in [0.1, 0.15) is 13.2 Å². The highest BCUT2D eigenvalue weighted by Gasteiger charge is 2.15. The number of non-ortho nitro benzene ring substituents is 1. The molecule has 0 radical (unpaired) electrons. The summed E-state index contributed by atoms with van der Waals surface area (Å²) in [7, 11) is 0. The van der Waals surface area contributed by atoms with Crippen LogP contribution < -0.4 is 17.0 Å². The number of benzene rings is 1. The Morgan fingerprint density at radius 1 is 1.35 bits per heavy atom. The minimum absolute atomic E-state index is 0. The van der Waals surface area contributed by atoms with Gasteiger partial charge >= 0.3 is 0 Å². The highest BCUT2D eigenvalue weighted by atomic mass is 79.9. The number of morpholine rings is 1. The van der Waals surface area contributed by atoms with Gasteiger partial charge in [-0.3, -0.25) is 10.1 Å². The van der Waals surface area contributed by atoms with Gasteiger partial charge in [-0.1, -0.05) is 23.9 Å². The van der Waals surface area contributed by atoms with Crippen LogP contribution in [0.4, 0.5) is 5.69 Å². The molecule has 0 atom stereocenters. The lowest BCUT2D eigenvalue weighted by Crippen LogP contribution is -3.00. The molecule has 2 rings (SSSR count). The third-order valence-electron chi connectivity index (χ3n) is 3.05. The van der Waals surface area contributed by atoms with Gasteiger partial charge in [0.25, 0.3) is 5.69 Å². The second kappa shape index (κ2) is 8.39. The van der Waals surface area contributed by atoms with Crippen molar-refractivity contribution in [3.05, 3.63) is 39.9 Å². The highest BCUT2D eigenvalue weighted by molar-refractivity contribution is 8.12. The Balaban J connectivity index is 0.00000200. The molecule has 1 heterocycles. The molecule has 0 aromatic heterocycles. The molecular weight excluding hydrogens is 344 g/mol. The van der Waals surface area contributed by atoms with Crippen LogP contribution in [0.3, 0.4) is 0 Å². The van der Waals surface area contributed by atoms with Crippen molar-refractivity contribution in [2.45, 2.75) is 12.7 Å². The van der Waals surface area contributed by atoms with Gasteiger partial charge in [-0.15, -0.1) is 0 Å². The van der Waals surface area contributed by atoms with E-state index >= 15 is 0 Å². The fourth-order valence-corrected chi connectivity index (χ4v) is 2.80. The summed E-state index contributed by atoms with van der Waals surface area (Å²) in [5.41, 5.74) is 1.24. The van der Waals surface area contributed by atoms with Gasteiger partial charge in [0, 0.05) is 24.8 Å². The van der Waals surface area contributed by atoms with Crippen molar-refractivity contribution in [2.24, 2.45) is 0 Å². The molecule has 0 unspecified atom stereocenters. The monoisotopic (exact) mass is 360 g/mol. The highest BCUT2D eigenvalue weighted by Crippen LogP contribution is 2.17. The molecule has 110 valence electrons. The Morgan fingerprint density at radius 2 is 1.95 bits per heavy atom. The molecule has 0 saturated carbocycles. The summed E-state index contributed by atoms with van der Waals surface area (Å²) in [6.45, 7) is 5.57. The molecule has 0 spiro atoms. The number of nitro benzene ring substituents is 1. The smallest absolute Gasteiger partial charge is 0.269 e. The Morgan fingerprint density at radius 3 is 2.50 bits per heavy atom. The van der Waals surface area contributed by atoms with Gasteiger partial charge < -0.3 is 21.7 Å². The van der Waals surface area contributed by atoms with E-state index in [-0.39, 0.29) is 27.6 Å². The van der Waals surface area contributed by atoms with Crippen molar-refractivity contribution in [1.29, 1.82) is 0 Å². The van der Waals surface area contributed by atoms with Crippen LogP contribution in [0.15, 0.2) is 24.3 Å². The van der Waals surface area contributed by atoms with Gasteiger partial charge in [-0.25, -0.2) is 4.58 Å². The van der Waals surface area contributed by atoms with E-state index in [1.807, 2.05) is 12.1 Å². The number of rotatable bonds is 3. The number of hydrogen-bond acceptors (Lipinski definition) is 4. The number of nitrogens with zero attached hydrogens (tertiary/aromatic N) is 2. The van der Waals surface area contributed by atoms with E-state index in [2.05, 4.69) is 11.5 Å². The fourth-order valence-electron chi connectivity index (χ4n) is 1.87. The maximum absolute atomic E-state index is 10.6. The van der Waals surface area contributed by atoms with Crippen molar-refractivity contribution in [2.75, 3.05) is 26.3 Å². The minimum atomic E-state index is -0.373. The van der Waals surface area contributed by atoms with Crippen LogP contribution in [0.2, 0.25) is 0 Å². The first-order chi connectivity index (χ1) is 9.16. The lowest BCUT2D eigenvalue weighted by atomic mass is 10.2. The van der Waals surface area contributed by atoms with E-state index in [1.165, 1.54) is 5.04 Å². The largest absolute Gasteiger partial charge is 1.00 e. The third kappa shape index (κ3) is 4.88. The topological polar surface area (TPSA) is 55.4 Å². The van der Waals surface area contributed by atoms with Gasteiger partial charge in [0.15, 0.2) is 13.1 Å². The Hall–Kier alpha value is -0.920. The predicted octanol–water partition coefficient (Wildman–Crippen LogP) is -0.707. The van der Waals surface area contributed by atoms with E-state index in [9.17, 15) is 10.1 Å². The maximum Gasteiger partial charge on any atom is 0.269 e. The number of nitro groups is 1. The molecule has 0 bridgehead atoms. The van der Waals surface area contributed by atoms with Gasteiger partial charge in [0.2, 0.25) is 5.04 Å². The third-order valence-corrected chi connectivity index (χ3v) is 4.20. The lowest BCUT2D eigenvalue weighted by Gasteiger charge is -2.12. The average molecular weight is 361 g/mol. The molecule has 1 fully saturated rings. The SMILES string of the molecule is CC(SCc1ccc([N+](=O)[O-])cc1)=[N+]1CCOCC1.[Br-]. The summed E-state index contributed by atoms with van der Waals surface area (Å²) in [6, 6.07) is 6.75. The number of ether oxygens (including phenoxy) is 1. The Labute approximate surface area is 132 Å². The predicted molar refractivity (Wildman–Crippen MR) is 75.9 cm³/mol. The van der Waals surface area contributed by atoms with Crippen molar-refractivity contribution >= 4 is 22.5 Å². The van der Waals surface area contributed by atoms with E-state index in [0.29, 0.717) is 0 Å². The molecule has 5 nitrogen and oxygen atoms in total. The normalized spacial score (nSPS) is 14.6. The second-order valence-electron chi connectivity index (χ2n) is 4.33. The Bertz CT molecular complexity index is 483. The van der Waals surface area contributed by atoms with Crippen LogP contribution in [0.5, 0.6) is 0 Å². The summed E-state index contributed by atoms with van der Waals surface area (Å²) in [5.74, 6) is 0.835. The molecule has 1 aliphatic heterocycles. The molecule has 0 amide bonds. The molecule has 0 N–H and O–H groups in total. The minimum Gasteiger partial charge on any atom is -1.00 e. The quantitative estimate of drug-likeness (QED) is 0.309. The summed E-state index contributed by atoms with van der Waals surface area (Å²) in [6.07, 6.45) is 0. The molecule has 7 heteroatoms. The van der Waals surface area contributed by atoms with Crippen LogP contribution in [0.25, 0.3) is 0 Å². The number of thioether (sulfide) groups is 1. The molecule has 1 aromatic carbocycles. The van der Waals surface area contributed by atoms with E-state index in [4.69, 9.17) is 4.74 Å². The fraction of sp³-hybridized carbons (Fsp3) is 0.462. The van der Waals surface area contributed by atoms with Gasteiger partial charge in [-0.2, -0.15) is 0 Å². The van der Waals surface area contributed by atoms with Crippen LogP contribution in [-0.2, 0) is 10.5 Å². The lowest BCUT2D eigenvalue weighted by molar-refractivity contribution is -0.547. The molecule has 1 aliphatic rings. The van der Waals surface area contributed by atoms with Gasteiger partial charge in [0.05, 0.1) is 4.92 Å². The molecule has 1 saturated heterocycles. The zero-order valence-corrected chi connectivity index (χ0v) is 13.7. The van der Waals surface area contributed by atoms with Crippen LogP contribution in [0, 0.1) is 10.1 Å². The molecular formula is C13H17BrN2O3S. The first-order valence-electron chi connectivity index (χ1n) is 6.19. The zero-order valence-electron chi connectivity index (χ0n) is 11.3. The van der Waals surface area contributed by atoms with Crippen LogP contribution in [0.1, 0.15) is 12.5 Å². The van der Waals surface area contributed by atoms with Crippen molar-refractivity contribution in [1.82, 2.24) is 0 Å². The zero-order chi connectivity index (χ0) is 13.7. The molecule has 1 aromatic rings. The van der Waals surface area contributed by atoms with E-state index in [0.717, 1.165) is 37.6 Å². The van der Waals surface area contributed by atoms with Crippen LogP contribution >= 0.6 is 11.8 Å². The summed E-state index contributed by atoms with van der Waals surface area (Å²) in [5, 5.41) is 11.8. The Kier molecular flexibility index (Phi) is 7.18. The summed E-state index contributed by atoms with van der Waals surface area (Å²) < 4.78 is 7.64. The number of hydrogen-bond donors (Lipinski definition) is 0.